The number of carbonyl (C=O) groups is 1. The van der Waals surface area contributed by atoms with E-state index in [1.165, 1.54) is 0 Å². The van der Waals surface area contributed by atoms with E-state index < -0.39 is 0 Å². The van der Waals surface area contributed by atoms with E-state index >= 15 is 0 Å². The molecule has 0 aromatic rings. The van der Waals surface area contributed by atoms with Crippen molar-refractivity contribution in [2.45, 2.75) is 0 Å². The molecule has 1 aliphatic rings. The minimum Gasteiger partial charge on any atom is -0.376 e. The van der Waals surface area contributed by atoms with Crippen molar-refractivity contribution in [3.63, 3.8) is 0 Å². The van der Waals surface area contributed by atoms with Gasteiger partial charge in [0.15, 0.2) is 0 Å². The summed E-state index contributed by atoms with van der Waals surface area (Å²) in [5.41, 5.74) is 1.09. The number of hydrogen-bond acceptors (Lipinski definition) is 2. The van der Waals surface area contributed by atoms with Crippen molar-refractivity contribution in [2.24, 2.45) is 0 Å². The molecule has 0 saturated carbocycles. The molecule has 0 atom stereocenters. The normalized spacial score (nSPS) is 15.5. The van der Waals surface area contributed by atoms with Crippen LogP contribution >= 0.6 is 11.6 Å². The van der Waals surface area contributed by atoms with E-state index in [-0.39, 0.29) is 11.8 Å². The standard InChI is InChI=1S/C9H13ClN2O/c1-12-4-2-3-8(7-12)6-11-9(13)5-10/h2-3,7H,4-6H2,1H3,(H,11,13). The van der Waals surface area contributed by atoms with Crippen molar-refractivity contribution < 1.29 is 4.79 Å². The summed E-state index contributed by atoms with van der Waals surface area (Å²) in [6.07, 6.45) is 6.07. The monoisotopic (exact) mass is 200 g/mol. The Bertz CT molecular complexity index is 248. The first-order chi connectivity index (χ1) is 6.22. The fraction of sp³-hybridized carbons (Fsp3) is 0.444. The molecule has 1 aliphatic heterocycles. The number of nitrogens with one attached hydrogen (secondary N) is 1. The van der Waals surface area contributed by atoms with Crippen molar-refractivity contribution in [1.29, 1.82) is 0 Å². The van der Waals surface area contributed by atoms with Crippen LogP contribution in [0.3, 0.4) is 0 Å². The van der Waals surface area contributed by atoms with Crippen molar-refractivity contribution in [1.82, 2.24) is 10.2 Å². The summed E-state index contributed by atoms with van der Waals surface area (Å²) in [7, 11) is 1.99. The van der Waals surface area contributed by atoms with Gasteiger partial charge in [-0.05, 0) is 5.57 Å². The van der Waals surface area contributed by atoms with E-state index in [1.807, 2.05) is 19.3 Å². The van der Waals surface area contributed by atoms with Gasteiger partial charge >= 0.3 is 0 Å². The average Bonchev–Trinajstić information content (AvgIpc) is 2.14. The maximum Gasteiger partial charge on any atom is 0.235 e. The van der Waals surface area contributed by atoms with Gasteiger partial charge in [-0.3, -0.25) is 4.79 Å². The van der Waals surface area contributed by atoms with Gasteiger partial charge < -0.3 is 10.2 Å². The lowest BCUT2D eigenvalue weighted by Crippen LogP contribution is -2.27. The lowest BCUT2D eigenvalue weighted by atomic mass is 10.2. The number of nitrogens with zero attached hydrogens (tertiary/aromatic N) is 1. The Labute approximate surface area is 83.0 Å². The van der Waals surface area contributed by atoms with Crippen LogP contribution < -0.4 is 5.32 Å². The summed E-state index contributed by atoms with van der Waals surface area (Å²) in [6.45, 7) is 1.47. The Morgan fingerprint density at radius 1 is 1.77 bits per heavy atom. The minimum absolute atomic E-state index is 0.0207. The van der Waals surface area contributed by atoms with Crippen molar-refractivity contribution >= 4 is 17.5 Å². The molecule has 0 spiro atoms. The van der Waals surface area contributed by atoms with E-state index in [9.17, 15) is 4.79 Å². The summed E-state index contributed by atoms with van der Waals surface area (Å²) in [6, 6.07) is 0. The molecule has 1 N–H and O–H groups in total. The summed E-state index contributed by atoms with van der Waals surface area (Å²) in [4.78, 5) is 12.9. The van der Waals surface area contributed by atoms with Crippen LogP contribution in [-0.4, -0.2) is 36.8 Å². The fourth-order valence-electron chi connectivity index (χ4n) is 1.10. The second kappa shape index (κ2) is 4.92. The first-order valence-electron chi connectivity index (χ1n) is 4.12. The number of carbonyl (C=O) groups excluding carboxylic acids is 1. The molecule has 4 heteroatoms. The third-order valence-corrected chi connectivity index (χ3v) is 1.97. The average molecular weight is 201 g/mol. The molecule has 0 radical (unpaired) electrons. The highest BCUT2D eigenvalue weighted by Gasteiger charge is 2.02. The molecular formula is C9H13ClN2O. The van der Waals surface area contributed by atoms with Gasteiger partial charge in [0.25, 0.3) is 0 Å². The zero-order valence-corrected chi connectivity index (χ0v) is 8.34. The van der Waals surface area contributed by atoms with Gasteiger partial charge in [-0.15, -0.1) is 11.6 Å². The lowest BCUT2D eigenvalue weighted by molar-refractivity contribution is -0.118. The maximum absolute atomic E-state index is 10.8. The van der Waals surface area contributed by atoms with Crippen LogP contribution in [-0.2, 0) is 4.79 Å². The molecule has 0 aliphatic carbocycles. The zero-order valence-electron chi connectivity index (χ0n) is 7.59. The predicted molar refractivity (Wildman–Crippen MR) is 53.6 cm³/mol. The van der Waals surface area contributed by atoms with E-state index in [4.69, 9.17) is 11.6 Å². The van der Waals surface area contributed by atoms with Crippen LogP contribution in [0.1, 0.15) is 0 Å². The number of rotatable bonds is 3. The van der Waals surface area contributed by atoms with Crippen molar-refractivity contribution in [3.05, 3.63) is 23.9 Å². The molecule has 13 heavy (non-hydrogen) atoms. The zero-order chi connectivity index (χ0) is 9.68. The first-order valence-corrected chi connectivity index (χ1v) is 4.66. The van der Waals surface area contributed by atoms with Crippen LogP contribution in [0, 0.1) is 0 Å². The molecule has 0 bridgehead atoms. The topological polar surface area (TPSA) is 32.3 Å². The minimum atomic E-state index is -0.135. The van der Waals surface area contributed by atoms with Crippen LogP contribution in [0.25, 0.3) is 0 Å². The molecule has 72 valence electrons. The molecule has 1 heterocycles. The Morgan fingerprint density at radius 2 is 2.54 bits per heavy atom. The van der Waals surface area contributed by atoms with Crippen LogP contribution in [0.2, 0.25) is 0 Å². The molecule has 0 unspecified atom stereocenters. The molecule has 0 aromatic carbocycles. The molecule has 3 nitrogen and oxygen atoms in total. The van der Waals surface area contributed by atoms with E-state index in [0.29, 0.717) is 6.54 Å². The number of amides is 1. The van der Waals surface area contributed by atoms with E-state index in [1.54, 1.807) is 0 Å². The van der Waals surface area contributed by atoms with Crippen LogP contribution in [0.5, 0.6) is 0 Å². The second-order valence-electron chi connectivity index (χ2n) is 2.96. The highest BCUT2D eigenvalue weighted by atomic mass is 35.5. The van der Waals surface area contributed by atoms with Crippen LogP contribution in [0.15, 0.2) is 23.9 Å². The molecule has 1 rings (SSSR count). The van der Waals surface area contributed by atoms with Gasteiger partial charge in [0.2, 0.25) is 5.91 Å². The number of halogens is 1. The molecule has 1 amide bonds. The van der Waals surface area contributed by atoms with Gasteiger partial charge in [-0.25, -0.2) is 0 Å². The van der Waals surface area contributed by atoms with Crippen molar-refractivity contribution in [3.8, 4) is 0 Å². The SMILES string of the molecule is CN1C=C(CNC(=O)CCl)C=CC1. The largest absolute Gasteiger partial charge is 0.376 e. The lowest BCUT2D eigenvalue weighted by Gasteiger charge is -2.17. The smallest absolute Gasteiger partial charge is 0.235 e. The quantitative estimate of drug-likeness (QED) is 0.682. The third kappa shape index (κ3) is 3.51. The van der Waals surface area contributed by atoms with Gasteiger partial charge in [0, 0.05) is 26.3 Å². The number of alkyl halides is 1. The molecular weight excluding hydrogens is 188 g/mol. The summed E-state index contributed by atoms with van der Waals surface area (Å²) < 4.78 is 0. The Morgan fingerprint density at radius 3 is 3.15 bits per heavy atom. The third-order valence-electron chi connectivity index (χ3n) is 1.72. The highest BCUT2D eigenvalue weighted by molar-refractivity contribution is 6.27. The first kappa shape index (κ1) is 10.1. The second-order valence-corrected chi connectivity index (χ2v) is 3.22. The van der Waals surface area contributed by atoms with Crippen LogP contribution in [0.4, 0.5) is 0 Å². The molecule has 0 fully saturated rings. The fourth-order valence-corrected chi connectivity index (χ4v) is 1.20. The van der Waals surface area contributed by atoms with E-state index in [2.05, 4.69) is 16.3 Å². The Hall–Kier alpha value is -0.960. The van der Waals surface area contributed by atoms with Gasteiger partial charge in [0.05, 0.1) is 0 Å². The van der Waals surface area contributed by atoms with Gasteiger partial charge in [-0.1, -0.05) is 12.2 Å². The van der Waals surface area contributed by atoms with Gasteiger partial charge in [-0.2, -0.15) is 0 Å². The molecule has 0 aromatic heterocycles. The van der Waals surface area contributed by atoms with E-state index in [0.717, 1.165) is 12.1 Å². The number of hydrogen-bond donors (Lipinski definition) is 1. The Kier molecular flexibility index (Phi) is 3.83. The summed E-state index contributed by atoms with van der Waals surface area (Å²) in [5.74, 6) is -0.114. The Balaban J connectivity index is 2.36. The van der Waals surface area contributed by atoms with Gasteiger partial charge in [0.1, 0.15) is 5.88 Å². The number of likely N-dealkylation sites (N-methyl/N-ethyl adjacent to an activating group) is 1. The molecule has 0 saturated heterocycles. The summed E-state index contributed by atoms with van der Waals surface area (Å²) >= 11 is 5.34. The maximum atomic E-state index is 10.8. The van der Waals surface area contributed by atoms with Crippen molar-refractivity contribution in [2.75, 3.05) is 26.0 Å². The summed E-state index contributed by atoms with van der Waals surface area (Å²) in [5, 5.41) is 2.71. The predicted octanol–water partition coefficient (Wildman–Crippen LogP) is 0.727. The highest BCUT2D eigenvalue weighted by Crippen LogP contribution is 2.03.